The van der Waals surface area contributed by atoms with E-state index in [1.807, 2.05) is 32.0 Å². The molecule has 1 aromatic heterocycles. The summed E-state index contributed by atoms with van der Waals surface area (Å²) in [7, 11) is 1.75. The average Bonchev–Trinajstić information content (AvgIpc) is 2.56. The molecule has 0 aliphatic heterocycles. The summed E-state index contributed by atoms with van der Waals surface area (Å²) in [6.07, 6.45) is -1.19. The molecule has 0 spiro atoms. The number of aryl methyl sites for hydroxylation is 3. The van der Waals surface area contributed by atoms with E-state index in [9.17, 15) is 18.0 Å². The first-order chi connectivity index (χ1) is 12.2. The van der Waals surface area contributed by atoms with Gasteiger partial charge in [-0.15, -0.1) is 0 Å². The Kier molecular flexibility index (Phi) is 4.48. The van der Waals surface area contributed by atoms with E-state index in [1.54, 1.807) is 24.0 Å². The molecular weight excluding hydrogens is 339 g/mol. The predicted molar refractivity (Wildman–Crippen MR) is 97.0 cm³/mol. The van der Waals surface area contributed by atoms with Gasteiger partial charge in [0, 0.05) is 30.6 Å². The second kappa shape index (κ2) is 6.48. The standard InChI is InChI=1S/C21H18F3NO/c1-13-7-8-17(14(2)9-13)19-12-25(3)11-18(20(19)26)15-5-4-6-16(10-15)21(22,23)24/h4-12H,1-3H3. The Morgan fingerprint density at radius 3 is 2.23 bits per heavy atom. The molecule has 3 rings (SSSR count). The lowest BCUT2D eigenvalue weighted by atomic mass is 9.96. The van der Waals surface area contributed by atoms with Gasteiger partial charge in [-0.1, -0.05) is 35.9 Å². The molecule has 26 heavy (non-hydrogen) atoms. The number of pyridine rings is 1. The van der Waals surface area contributed by atoms with Crippen molar-refractivity contribution in [1.82, 2.24) is 4.57 Å². The number of rotatable bonds is 2. The maximum atomic E-state index is 13.0. The number of alkyl halides is 3. The lowest BCUT2D eigenvalue weighted by molar-refractivity contribution is -0.137. The molecule has 0 fully saturated rings. The van der Waals surface area contributed by atoms with Gasteiger partial charge >= 0.3 is 6.18 Å². The van der Waals surface area contributed by atoms with E-state index < -0.39 is 11.7 Å². The minimum atomic E-state index is -4.45. The Morgan fingerprint density at radius 2 is 1.58 bits per heavy atom. The van der Waals surface area contributed by atoms with Gasteiger partial charge in [0.05, 0.1) is 5.56 Å². The van der Waals surface area contributed by atoms with Crippen LogP contribution in [0.2, 0.25) is 0 Å². The number of aromatic nitrogens is 1. The lowest BCUT2D eigenvalue weighted by Gasteiger charge is -2.13. The fraction of sp³-hybridized carbons (Fsp3) is 0.190. The number of benzene rings is 2. The summed E-state index contributed by atoms with van der Waals surface area (Å²) in [5, 5.41) is 0. The van der Waals surface area contributed by atoms with Gasteiger partial charge in [-0.3, -0.25) is 4.79 Å². The van der Waals surface area contributed by atoms with Crippen LogP contribution in [0, 0.1) is 13.8 Å². The molecule has 0 N–H and O–H groups in total. The molecule has 0 atom stereocenters. The van der Waals surface area contributed by atoms with Crippen molar-refractivity contribution in [1.29, 1.82) is 0 Å². The van der Waals surface area contributed by atoms with Crippen LogP contribution in [0.1, 0.15) is 16.7 Å². The lowest BCUT2D eigenvalue weighted by Crippen LogP contribution is -2.13. The van der Waals surface area contributed by atoms with Gasteiger partial charge in [0.25, 0.3) is 0 Å². The summed E-state index contributed by atoms with van der Waals surface area (Å²) in [6.45, 7) is 3.88. The van der Waals surface area contributed by atoms with Gasteiger partial charge in [0.15, 0.2) is 5.43 Å². The summed E-state index contributed by atoms with van der Waals surface area (Å²) in [6, 6.07) is 10.6. The van der Waals surface area contributed by atoms with Crippen molar-refractivity contribution in [3.05, 3.63) is 81.8 Å². The largest absolute Gasteiger partial charge is 0.416 e. The normalized spacial score (nSPS) is 11.6. The summed E-state index contributed by atoms with van der Waals surface area (Å²) >= 11 is 0. The SMILES string of the molecule is Cc1ccc(-c2cn(C)cc(-c3cccc(C(F)(F)F)c3)c2=O)c(C)c1. The number of hydrogen-bond donors (Lipinski definition) is 0. The summed E-state index contributed by atoms with van der Waals surface area (Å²) < 4.78 is 40.7. The molecule has 0 saturated heterocycles. The van der Waals surface area contributed by atoms with Gasteiger partial charge < -0.3 is 4.57 Å². The molecule has 3 aromatic rings. The van der Waals surface area contributed by atoms with Gasteiger partial charge in [-0.2, -0.15) is 13.2 Å². The Labute approximate surface area is 149 Å². The number of hydrogen-bond acceptors (Lipinski definition) is 1. The topological polar surface area (TPSA) is 22.0 Å². The van der Waals surface area contributed by atoms with E-state index in [1.165, 1.54) is 12.1 Å². The van der Waals surface area contributed by atoms with Crippen molar-refractivity contribution in [2.75, 3.05) is 0 Å². The summed E-state index contributed by atoms with van der Waals surface area (Å²) in [5.74, 6) is 0. The first-order valence-corrected chi connectivity index (χ1v) is 8.12. The van der Waals surface area contributed by atoms with Gasteiger partial charge in [-0.05, 0) is 42.7 Å². The highest BCUT2D eigenvalue weighted by atomic mass is 19.4. The first kappa shape index (κ1) is 18.0. The van der Waals surface area contributed by atoms with Crippen LogP contribution in [-0.2, 0) is 13.2 Å². The average molecular weight is 357 g/mol. The molecule has 0 amide bonds. The van der Waals surface area contributed by atoms with Gasteiger partial charge in [-0.25, -0.2) is 0 Å². The molecule has 0 aliphatic carbocycles. The van der Waals surface area contributed by atoms with E-state index in [4.69, 9.17) is 0 Å². The molecule has 0 saturated carbocycles. The third-order valence-electron chi connectivity index (χ3n) is 4.33. The van der Waals surface area contributed by atoms with Crippen molar-refractivity contribution >= 4 is 0 Å². The highest BCUT2D eigenvalue weighted by Gasteiger charge is 2.30. The number of halogens is 3. The number of nitrogens with zero attached hydrogens (tertiary/aromatic N) is 1. The van der Waals surface area contributed by atoms with Gasteiger partial charge in [0.1, 0.15) is 0 Å². The molecular formula is C21H18F3NO. The minimum Gasteiger partial charge on any atom is -0.356 e. The van der Waals surface area contributed by atoms with E-state index >= 15 is 0 Å². The fourth-order valence-corrected chi connectivity index (χ4v) is 3.08. The highest BCUT2D eigenvalue weighted by Crippen LogP contribution is 2.32. The summed E-state index contributed by atoms with van der Waals surface area (Å²) in [5.41, 5.74) is 2.73. The molecule has 2 aromatic carbocycles. The van der Waals surface area contributed by atoms with E-state index in [0.29, 0.717) is 5.56 Å². The second-order valence-electron chi connectivity index (χ2n) is 6.48. The van der Waals surface area contributed by atoms with Crippen LogP contribution in [0.5, 0.6) is 0 Å². The first-order valence-electron chi connectivity index (χ1n) is 8.12. The predicted octanol–water partition coefficient (Wildman–Crippen LogP) is 5.35. The molecule has 5 heteroatoms. The molecule has 2 nitrogen and oxygen atoms in total. The van der Waals surface area contributed by atoms with E-state index in [2.05, 4.69) is 0 Å². The zero-order valence-corrected chi connectivity index (χ0v) is 14.7. The molecule has 134 valence electrons. The molecule has 0 bridgehead atoms. The Bertz CT molecular complexity index is 1030. The highest BCUT2D eigenvalue weighted by molar-refractivity contribution is 5.74. The van der Waals surface area contributed by atoms with Crippen LogP contribution in [0.15, 0.2) is 59.7 Å². The van der Waals surface area contributed by atoms with Crippen molar-refractivity contribution in [2.45, 2.75) is 20.0 Å². The Morgan fingerprint density at radius 1 is 0.885 bits per heavy atom. The molecule has 0 radical (unpaired) electrons. The van der Waals surface area contributed by atoms with Crippen molar-refractivity contribution < 1.29 is 13.2 Å². The van der Waals surface area contributed by atoms with E-state index in [0.717, 1.165) is 28.8 Å². The Hall–Kier alpha value is -2.82. The zero-order valence-electron chi connectivity index (χ0n) is 14.7. The van der Waals surface area contributed by atoms with E-state index in [-0.39, 0.29) is 16.6 Å². The van der Waals surface area contributed by atoms with Crippen LogP contribution in [0.3, 0.4) is 0 Å². The van der Waals surface area contributed by atoms with Crippen LogP contribution < -0.4 is 5.43 Å². The fourth-order valence-electron chi connectivity index (χ4n) is 3.08. The van der Waals surface area contributed by atoms with Crippen LogP contribution in [0.4, 0.5) is 13.2 Å². The molecule has 0 aliphatic rings. The zero-order chi connectivity index (χ0) is 19.1. The third-order valence-corrected chi connectivity index (χ3v) is 4.33. The van der Waals surface area contributed by atoms with Gasteiger partial charge in [0.2, 0.25) is 0 Å². The maximum absolute atomic E-state index is 13.0. The van der Waals surface area contributed by atoms with Crippen molar-refractivity contribution in [3.8, 4) is 22.3 Å². The molecule has 0 unspecified atom stereocenters. The maximum Gasteiger partial charge on any atom is 0.416 e. The van der Waals surface area contributed by atoms with Crippen molar-refractivity contribution in [3.63, 3.8) is 0 Å². The van der Waals surface area contributed by atoms with Crippen LogP contribution in [-0.4, -0.2) is 4.57 Å². The smallest absolute Gasteiger partial charge is 0.356 e. The third kappa shape index (κ3) is 3.43. The minimum absolute atomic E-state index is 0.246. The molecule has 1 heterocycles. The quantitative estimate of drug-likeness (QED) is 0.606. The summed E-state index contributed by atoms with van der Waals surface area (Å²) in [4.78, 5) is 13.0. The van der Waals surface area contributed by atoms with Crippen molar-refractivity contribution in [2.24, 2.45) is 7.05 Å². The monoisotopic (exact) mass is 357 g/mol. The van der Waals surface area contributed by atoms with Crippen LogP contribution in [0.25, 0.3) is 22.3 Å². The Balaban J connectivity index is 2.22. The van der Waals surface area contributed by atoms with Crippen LogP contribution >= 0.6 is 0 Å². The second-order valence-corrected chi connectivity index (χ2v) is 6.48.